The summed E-state index contributed by atoms with van der Waals surface area (Å²) in [5.74, 6) is 2.50. The number of nitrogens with one attached hydrogen (secondary N) is 1. The van der Waals surface area contributed by atoms with Crippen molar-refractivity contribution in [1.82, 2.24) is 10.2 Å². The zero-order valence-corrected chi connectivity index (χ0v) is 14.3. The molecule has 2 fully saturated rings. The minimum atomic E-state index is -0.00735. The van der Waals surface area contributed by atoms with E-state index in [9.17, 15) is 4.79 Å². The lowest BCUT2D eigenvalue weighted by molar-refractivity contribution is -0.133. The van der Waals surface area contributed by atoms with Gasteiger partial charge >= 0.3 is 0 Å². The summed E-state index contributed by atoms with van der Waals surface area (Å²) in [5, 5.41) is 3.60. The van der Waals surface area contributed by atoms with Gasteiger partial charge in [-0.05, 0) is 49.8 Å². The molecule has 130 valence electrons. The Kier molecular flexibility index (Phi) is 4.35. The Labute approximate surface area is 143 Å². The second-order valence-corrected chi connectivity index (χ2v) is 7.15. The van der Waals surface area contributed by atoms with Crippen molar-refractivity contribution in [2.75, 3.05) is 13.3 Å². The number of rotatable bonds is 4. The van der Waals surface area contributed by atoms with E-state index in [1.54, 1.807) is 0 Å². The standard InChI is InChI=1S/C19H26N2O3/c1-2-21(11-13-7-8-17-18(9-13)24-12-23-17)19(22)16-10-14-5-3-4-6-15(14)20-16/h7-9,14-16,20H,2-6,10-12H2,1H3. The first-order valence-electron chi connectivity index (χ1n) is 9.18. The number of ether oxygens (including phenoxy) is 2. The molecule has 0 aromatic heterocycles. The van der Waals surface area contributed by atoms with Crippen molar-refractivity contribution in [3.63, 3.8) is 0 Å². The molecule has 1 aromatic carbocycles. The minimum Gasteiger partial charge on any atom is -0.454 e. The maximum Gasteiger partial charge on any atom is 0.240 e. The molecule has 5 nitrogen and oxygen atoms in total. The molecule has 3 atom stereocenters. The topological polar surface area (TPSA) is 50.8 Å². The van der Waals surface area contributed by atoms with E-state index in [4.69, 9.17) is 9.47 Å². The molecular weight excluding hydrogens is 304 g/mol. The second kappa shape index (κ2) is 6.63. The minimum absolute atomic E-state index is 0.00735. The summed E-state index contributed by atoms with van der Waals surface area (Å²) in [6.45, 7) is 3.68. The third-order valence-electron chi connectivity index (χ3n) is 5.66. The molecule has 2 aliphatic heterocycles. The first kappa shape index (κ1) is 15.8. The molecule has 2 heterocycles. The highest BCUT2D eigenvalue weighted by molar-refractivity contribution is 5.82. The van der Waals surface area contributed by atoms with Gasteiger partial charge in [-0.3, -0.25) is 4.79 Å². The van der Waals surface area contributed by atoms with Crippen LogP contribution >= 0.6 is 0 Å². The number of hydrogen-bond acceptors (Lipinski definition) is 4. The van der Waals surface area contributed by atoms with E-state index in [2.05, 4.69) is 5.32 Å². The molecule has 0 spiro atoms. The average Bonchev–Trinajstić information content (AvgIpc) is 3.24. The summed E-state index contributed by atoms with van der Waals surface area (Å²) < 4.78 is 10.8. The van der Waals surface area contributed by atoms with Gasteiger partial charge < -0.3 is 19.7 Å². The van der Waals surface area contributed by atoms with E-state index in [0.29, 0.717) is 18.5 Å². The number of benzene rings is 1. The highest BCUT2D eigenvalue weighted by atomic mass is 16.7. The molecule has 3 unspecified atom stereocenters. The lowest BCUT2D eigenvalue weighted by Crippen LogP contribution is -2.45. The molecule has 5 heteroatoms. The fourth-order valence-electron chi connectivity index (χ4n) is 4.34. The zero-order chi connectivity index (χ0) is 16.5. The first-order valence-corrected chi connectivity index (χ1v) is 9.18. The number of likely N-dealkylation sites (N-methyl/N-ethyl adjacent to an activating group) is 1. The molecule has 24 heavy (non-hydrogen) atoms. The molecule has 1 N–H and O–H groups in total. The third-order valence-corrected chi connectivity index (χ3v) is 5.66. The number of hydrogen-bond donors (Lipinski definition) is 1. The quantitative estimate of drug-likeness (QED) is 0.922. The van der Waals surface area contributed by atoms with Crippen molar-refractivity contribution in [2.45, 2.75) is 57.7 Å². The molecule has 1 aliphatic carbocycles. The number of fused-ring (bicyclic) bond motifs is 2. The Morgan fingerprint density at radius 3 is 2.92 bits per heavy atom. The summed E-state index contributed by atoms with van der Waals surface area (Å²) in [6.07, 6.45) is 6.11. The van der Waals surface area contributed by atoms with E-state index >= 15 is 0 Å². The van der Waals surface area contributed by atoms with Crippen LogP contribution in [-0.2, 0) is 11.3 Å². The maximum atomic E-state index is 13.0. The van der Waals surface area contributed by atoms with E-state index in [1.165, 1.54) is 25.7 Å². The van der Waals surface area contributed by atoms with Crippen molar-refractivity contribution in [2.24, 2.45) is 5.92 Å². The number of amides is 1. The van der Waals surface area contributed by atoms with Crippen molar-refractivity contribution in [1.29, 1.82) is 0 Å². The van der Waals surface area contributed by atoms with Crippen LogP contribution in [0.3, 0.4) is 0 Å². The second-order valence-electron chi connectivity index (χ2n) is 7.15. The first-order chi connectivity index (χ1) is 11.7. The summed E-state index contributed by atoms with van der Waals surface area (Å²) in [6, 6.07) is 6.48. The lowest BCUT2D eigenvalue weighted by Gasteiger charge is -2.25. The third kappa shape index (κ3) is 2.97. The van der Waals surface area contributed by atoms with Gasteiger partial charge in [0.05, 0.1) is 6.04 Å². The Morgan fingerprint density at radius 2 is 2.08 bits per heavy atom. The van der Waals surface area contributed by atoms with E-state index in [1.807, 2.05) is 30.0 Å². The lowest BCUT2D eigenvalue weighted by atomic mass is 9.85. The van der Waals surface area contributed by atoms with Gasteiger partial charge in [-0.2, -0.15) is 0 Å². The Hall–Kier alpha value is -1.75. The van der Waals surface area contributed by atoms with E-state index in [-0.39, 0.29) is 18.7 Å². The molecular formula is C19H26N2O3. The molecule has 1 aromatic rings. The van der Waals surface area contributed by atoms with Crippen LogP contribution < -0.4 is 14.8 Å². The van der Waals surface area contributed by atoms with Crippen LogP contribution in [0.4, 0.5) is 0 Å². The number of carbonyl (C=O) groups excluding carboxylic acids is 1. The summed E-state index contributed by atoms with van der Waals surface area (Å²) in [5.41, 5.74) is 1.09. The molecule has 3 aliphatic rings. The Bertz CT molecular complexity index is 605. The van der Waals surface area contributed by atoms with Crippen molar-refractivity contribution >= 4 is 5.91 Å². The Balaban J connectivity index is 1.42. The van der Waals surface area contributed by atoms with Crippen LogP contribution in [0.2, 0.25) is 0 Å². The van der Waals surface area contributed by atoms with Crippen LogP contribution in [0.1, 0.15) is 44.6 Å². The highest BCUT2D eigenvalue weighted by Gasteiger charge is 2.39. The predicted octanol–water partition coefficient (Wildman–Crippen LogP) is 2.68. The van der Waals surface area contributed by atoms with Gasteiger partial charge in [-0.1, -0.05) is 18.9 Å². The van der Waals surface area contributed by atoms with Crippen LogP contribution in [0.5, 0.6) is 11.5 Å². The molecule has 1 amide bonds. The summed E-state index contributed by atoms with van der Waals surface area (Å²) in [4.78, 5) is 14.9. The van der Waals surface area contributed by atoms with Crippen LogP contribution in [0, 0.1) is 5.92 Å². The molecule has 0 bridgehead atoms. The van der Waals surface area contributed by atoms with Crippen molar-refractivity contribution in [3.8, 4) is 11.5 Å². The number of carbonyl (C=O) groups is 1. The highest BCUT2D eigenvalue weighted by Crippen LogP contribution is 2.35. The van der Waals surface area contributed by atoms with Crippen LogP contribution in [0.25, 0.3) is 0 Å². The molecule has 1 saturated heterocycles. The van der Waals surface area contributed by atoms with Gasteiger partial charge in [0.15, 0.2) is 11.5 Å². The van der Waals surface area contributed by atoms with Gasteiger partial charge in [0.25, 0.3) is 0 Å². The SMILES string of the molecule is CCN(Cc1ccc2c(c1)OCO2)C(=O)C1CC2CCCCC2N1. The summed E-state index contributed by atoms with van der Waals surface area (Å²) >= 11 is 0. The van der Waals surface area contributed by atoms with Gasteiger partial charge in [0.1, 0.15) is 0 Å². The van der Waals surface area contributed by atoms with Gasteiger partial charge in [-0.25, -0.2) is 0 Å². The van der Waals surface area contributed by atoms with Crippen LogP contribution in [-0.4, -0.2) is 36.2 Å². The van der Waals surface area contributed by atoms with E-state index in [0.717, 1.165) is 30.0 Å². The van der Waals surface area contributed by atoms with Crippen molar-refractivity contribution in [3.05, 3.63) is 23.8 Å². The normalized spacial score (nSPS) is 27.8. The fraction of sp³-hybridized carbons (Fsp3) is 0.632. The Morgan fingerprint density at radius 1 is 1.25 bits per heavy atom. The van der Waals surface area contributed by atoms with Gasteiger partial charge in [0, 0.05) is 19.1 Å². The zero-order valence-electron chi connectivity index (χ0n) is 14.3. The van der Waals surface area contributed by atoms with Gasteiger partial charge in [0.2, 0.25) is 12.7 Å². The van der Waals surface area contributed by atoms with Gasteiger partial charge in [-0.15, -0.1) is 0 Å². The maximum absolute atomic E-state index is 13.0. The largest absolute Gasteiger partial charge is 0.454 e. The smallest absolute Gasteiger partial charge is 0.240 e. The molecule has 4 rings (SSSR count). The average molecular weight is 330 g/mol. The van der Waals surface area contributed by atoms with Crippen LogP contribution in [0.15, 0.2) is 18.2 Å². The monoisotopic (exact) mass is 330 g/mol. The predicted molar refractivity (Wildman–Crippen MR) is 90.9 cm³/mol. The fourth-order valence-corrected chi connectivity index (χ4v) is 4.34. The molecule has 0 radical (unpaired) electrons. The van der Waals surface area contributed by atoms with Crippen molar-refractivity contribution < 1.29 is 14.3 Å². The summed E-state index contributed by atoms with van der Waals surface area (Å²) in [7, 11) is 0. The number of nitrogens with zero attached hydrogens (tertiary/aromatic N) is 1. The van der Waals surface area contributed by atoms with E-state index < -0.39 is 0 Å². The molecule has 1 saturated carbocycles.